The van der Waals surface area contributed by atoms with Gasteiger partial charge in [0, 0.05) is 30.3 Å². The van der Waals surface area contributed by atoms with E-state index >= 15 is 0 Å². The van der Waals surface area contributed by atoms with Gasteiger partial charge in [-0.25, -0.2) is 4.39 Å². The van der Waals surface area contributed by atoms with Crippen LogP contribution in [0.4, 0.5) is 4.39 Å². The van der Waals surface area contributed by atoms with Crippen molar-refractivity contribution in [1.82, 2.24) is 10.3 Å². The molecule has 116 valence electrons. The third kappa shape index (κ3) is 5.13. The molecule has 1 aromatic heterocycles. The first kappa shape index (κ1) is 16.5. The normalized spacial score (nSPS) is 11.9. The van der Waals surface area contributed by atoms with Crippen molar-refractivity contribution < 1.29 is 14.3 Å². The number of nitrogens with zero attached hydrogens (tertiary/aromatic N) is 1. The van der Waals surface area contributed by atoms with Crippen molar-refractivity contribution >= 4 is 17.7 Å². The monoisotopic (exact) mass is 320 g/mol. The molecule has 2 N–H and O–H groups in total. The second kappa shape index (κ2) is 8.51. The standard InChI is InChI=1S/C16H17FN2O2S/c17-14-6-2-1-5-13(14)15(20)9-19-16(21)11-22-10-12-4-3-7-18-8-12/h1-8,15,20H,9-11H2,(H,19,21). The summed E-state index contributed by atoms with van der Waals surface area (Å²) in [7, 11) is 0. The lowest BCUT2D eigenvalue weighted by Crippen LogP contribution is -2.30. The van der Waals surface area contributed by atoms with Crippen LogP contribution in [0.15, 0.2) is 48.8 Å². The SMILES string of the molecule is O=C(CSCc1cccnc1)NCC(O)c1ccccc1F. The summed E-state index contributed by atoms with van der Waals surface area (Å²) in [6.45, 7) is -0.00673. The fourth-order valence-electron chi connectivity index (χ4n) is 1.86. The number of carbonyl (C=O) groups excluding carboxylic acids is 1. The summed E-state index contributed by atoms with van der Waals surface area (Å²) >= 11 is 1.46. The summed E-state index contributed by atoms with van der Waals surface area (Å²) in [4.78, 5) is 15.7. The first-order valence-corrected chi connectivity index (χ1v) is 7.98. The molecule has 22 heavy (non-hydrogen) atoms. The Morgan fingerprint density at radius 2 is 2.14 bits per heavy atom. The molecule has 0 spiro atoms. The molecular formula is C16H17FN2O2S. The van der Waals surface area contributed by atoms with Gasteiger partial charge in [-0.3, -0.25) is 9.78 Å². The van der Waals surface area contributed by atoms with E-state index in [1.807, 2.05) is 12.1 Å². The lowest BCUT2D eigenvalue weighted by molar-refractivity contribution is -0.119. The second-order valence-corrected chi connectivity index (χ2v) is 5.68. The molecule has 0 aliphatic carbocycles. The van der Waals surface area contributed by atoms with Crippen LogP contribution >= 0.6 is 11.8 Å². The Bertz CT molecular complexity index is 610. The van der Waals surface area contributed by atoms with Crippen molar-refractivity contribution in [3.8, 4) is 0 Å². The van der Waals surface area contributed by atoms with Crippen molar-refractivity contribution in [3.05, 3.63) is 65.7 Å². The third-order valence-corrected chi connectivity index (χ3v) is 3.99. The van der Waals surface area contributed by atoms with E-state index in [-0.39, 0.29) is 23.8 Å². The van der Waals surface area contributed by atoms with E-state index in [9.17, 15) is 14.3 Å². The van der Waals surface area contributed by atoms with Crippen molar-refractivity contribution in [2.24, 2.45) is 0 Å². The summed E-state index contributed by atoms with van der Waals surface area (Å²) in [5.41, 5.74) is 1.23. The number of carbonyl (C=O) groups is 1. The molecular weight excluding hydrogens is 303 g/mol. The molecule has 0 bridgehead atoms. The highest BCUT2D eigenvalue weighted by atomic mass is 32.2. The number of pyridine rings is 1. The van der Waals surface area contributed by atoms with E-state index in [0.29, 0.717) is 5.75 Å². The average Bonchev–Trinajstić information content (AvgIpc) is 2.54. The molecule has 2 rings (SSSR count). The Labute approximate surface area is 132 Å². The maximum absolute atomic E-state index is 13.5. The summed E-state index contributed by atoms with van der Waals surface area (Å²) in [5, 5.41) is 12.5. The van der Waals surface area contributed by atoms with E-state index in [1.54, 1.807) is 24.5 Å². The van der Waals surface area contributed by atoms with Crippen LogP contribution in [0.1, 0.15) is 17.2 Å². The number of amides is 1. The number of benzene rings is 1. The van der Waals surface area contributed by atoms with Gasteiger partial charge < -0.3 is 10.4 Å². The molecule has 0 saturated carbocycles. The summed E-state index contributed by atoms with van der Waals surface area (Å²) in [5.74, 6) is 0.301. The number of halogens is 1. The van der Waals surface area contributed by atoms with Gasteiger partial charge in [0.25, 0.3) is 0 Å². The molecule has 1 atom stereocenters. The Morgan fingerprint density at radius 1 is 1.32 bits per heavy atom. The summed E-state index contributed by atoms with van der Waals surface area (Å²) < 4.78 is 13.5. The molecule has 2 aromatic rings. The fourth-order valence-corrected chi connectivity index (χ4v) is 2.66. The Balaban J connectivity index is 1.70. The van der Waals surface area contributed by atoms with Crippen LogP contribution in [0.25, 0.3) is 0 Å². The van der Waals surface area contributed by atoms with Gasteiger partial charge in [0.2, 0.25) is 5.91 Å². The molecule has 0 saturated heterocycles. The van der Waals surface area contributed by atoms with E-state index in [4.69, 9.17) is 0 Å². The van der Waals surface area contributed by atoms with Crippen LogP contribution in [0.3, 0.4) is 0 Å². The first-order valence-electron chi connectivity index (χ1n) is 6.82. The topological polar surface area (TPSA) is 62.2 Å². The highest BCUT2D eigenvalue weighted by Crippen LogP contribution is 2.16. The number of hydrogen-bond donors (Lipinski definition) is 2. The van der Waals surface area contributed by atoms with Crippen LogP contribution < -0.4 is 5.32 Å². The van der Waals surface area contributed by atoms with Gasteiger partial charge in [-0.05, 0) is 17.7 Å². The van der Waals surface area contributed by atoms with Crippen molar-refractivity contribution in [2.75, 3.05) is 12.3 Å². The number of aliphatic hydroxyl groups excluding tert-OH is 1. The van der Waals surface area contributed by atoms with E-state index in [1.165, 1.54) is 23.9 Å². The van der Waals surface area contributed by atoms with Gasteiger partial charge in [0.15, 0.2) is 0 Å². The van der Waals surface area contributed by atoms with Gasteiger partial charge in [-0.1, -0.05) is 24.3 Å². The van der Waals surface area contributed by atoms with Crippen LogP contribution in [0, 0.1) is 5.82 Å². The minimum absolute atomic E-state index is 0.00673. The Morgan fingerprint density at radius 3 is 2.86 bits per heavy atom. The summed E-state index contributed by atoms with van der Waals surface area (Å²) in [6.07, 6.45) is 2.41. The number of aliphatic hydroxyl groups is 1. The lowest BCUT2D eigenvalue weighted by Gasteiger charge is -2.13. The van der Waals surface area contributed by atoms with Gasteiger partial charge in [0.1, 0.15) is 5.82 Å². The lowest BCUT2D eigenvalue weighted by atomic mass is 10.1. The molecule has 1 amide bonds. The van der Waals surface area contributed by atoms with E-state index < -0.39 is 11.9 Å². The minimum Gasteiger partial charge on any atom is -0.386 e. The second-order valence-electron chi connectivity index (χ2n) is 4.70. The molecule has 1 unspecified atom stereocenters. The third-order valence-electron chi connectivity index (χ3n) is 2.98. The maximum Gasteiger partial charge on any atom is 0.230 e. The Kier molecular flexibility index (Phi) is 6.36. The fraction of sp³-hybridized carbons (Fsp3) is 0.250. The highest BCUT2D eigenvalue weighted by molar-refractivity contribution is 7.99. The van der Waals surface area contributed by atoms with Crippen LogP contribution in [-0.2, 0) is 10.5 Å². The smallest absolute Gasteiger partial charge is 0.230 e. The van der Waals surface area contributed by atoms with Gasteiger partial charge in [-0.2, -0.15) is 0 Å². The Hall–Kier alpha value is -1.92. The largest absolute Gasteiger partial charge is 0.386 e. The number of rotatable bonds is 7. The van der Waals surface area contributed by atoms with E-state index in [0.717, 1.165) is 5.56 Å². The number of thioether (sulfide) groups is 1. The van der Waals surface area contributed by atoms with Crippen LogP contribution in [0.5, 0.6) is 0 Å². The quantitative estimate of drug-likeness (QED) is 0.822. The van der Waals surface area contributed by atoms with Crippen molar-refractivity contribution in [2.45, 2.75) is 11.9 Å². The molecule has 1 aromatic carbocycles. The zero-order chi connectivity index (χ0) is 15.8. The minimum atomic E-state index is -1.05. The average molecular weight is 320 g/mol. The molecule has 1 heterocycles. The zero-order valence-corrected chi connectivity index (χ0v) is 12.7. The molecule has 0 fully saturated rings. The van der Waals surface area contributed by atoms with Gasteiger partial charge in [-0.15, -0.1) is 11.8 Å². The predicted octanol–water partition coefficient (Wildman–Crippen LogP) is 2.30. The van der Waals surface area contributed by atoms with Crippen molar-refractivity contribution in [1.29, 1.82) is 0 Å². The molecule has 0 radical (unpaired) electrons. The first-order chi connectivity index (χ1) is 10.7. The maximum atomic E-state index is 13.5. The number of aromatic nitrogens is 1. The van der Waals surface area contributed by atoms with Gasteiger partial charge >= 0.3 is 0 Å². The van der Waals surface area contributed by atoms with E-state index in [2.05, 4.69) is 10.3 Å². The van der Waals surface area contributed by atoms with Gasteiger partial charge in [0.05, 0.1) is 11.9 Å². The molecule has 4 nitrogen and oxygen atoms in total. The molecule has 6 heteroatoms. The predicted molar refractivity (Wildman–Crippen MR) is 84.8 cm³/mol. The van der Waals surface area contributed by atoms with Crippen LogP contribution in [-0.4, -0.2) is 28.3 Å². The zero-order valence-electron chi connectivity index (χ0n) is 11.9. The molecule has 0 aliphatic heterocycles. The van der Waals surface area contributed by atoms with Crippen molar-refractivity contribution in [3.63, 3.8) is 0 Å². The number of hydrogen-bond acceptors (Lipinski definition) is 4. The highest BCUT2D eigenvalue weighted by Gasteiger charge is 2.13. The van der Waals surface area contributed by atoms with Crippen LogP contribution in [0.2, 0.25) is 0 Å². The molecule has 0 aliphatic rings. The summed E-state index contributed by atoms with van der Waals surface area (Å²) in [6, 6.07) is 9.78. The number of nitrogens with one attached hydrogen (secondary N) is 1.